The molecule has 0 fully saturated rings. The average molecular weight is 299 g/mol. The molecule has 0 spiro atoms. The SMILES string of the molecule is C=CCNCCCCCCCCCCCCCC.CNC. The predicted molar refractivity (Wildman–Crippen MR) is 99.1 cm³/mol. The quantitative estimate of drug-likeness (QED) is 0.317. The molecule has 0 heterocycles. The van der Waals surface area contributed by atoms with Crippen molar-refractivity contribution in [2.24, 2.45) is 0 Å². The molecule has 2 N–H and O–H groups in total. The van der Waals surface area contributed by atoms with Gasteiger partial charge in [-0.05, 0) is 27.1 Å². The molecule has 0 radical (unpaired) electrons. The minimum atomic E-state index is 0.956. The first kappa shape index (κ1) is 22.9. The molecule has 0 aliphatic carbocycles. The zero-order chi connectivity index (χ0) is 16.0. The monoisotopic (exact) mass is 298 g/mol. The van der Waals surface area contributed by atoms with Crippen molar-refractivity contribution in [3.05, 3.63) is 12.7 Å². The van der Waals surface area contributed by atoms with Crippen LogP contribution in [0.3, 0.4) is 0 Å². The van der Waals surface area contributed by atoms with E-state index in [4.69, 9.17) is 0 Å². The van der Waals surface area contributed by atoms with Crippen LogP contribution in [-0.4, -0.2) is 27.2 Å². The van der Waals surface area contributed by atoms with Crippen molar-refractivity contribution in [3.63, 3.8) is 0 Å². The van der Waals surface area contributed by atoms with Crippen LogP contribution in [0.2, 0.25) is 0 Å². The Balaban J connectivity index is 0. The summed E-state index contributed by atoms with van der Waals surface area (Å²) in [5.74, 6) is 0. The summed E-state index contributed by atoms with van der Waals surface area (Å²) < 4.78 is 0. The Kier molecular flexibility index (Phi) is 26.9. The maximum atomic E-state index is 3.70. The van der Waals surface area contributed by atoms with Gasteiger partial charge in [-0.2, -0.15) is 0 Å². The zero-order valence-corrected chi connectivity index (χ0v) is 15.2. The molecule has 0 saturated carbocycles. The maximum Gasteiger partial charge on any atom is 0.0132 e. The van der Waals surface area contributed by atoms with Crippen molar-refractivity contribution in [2.45, 2.75) is 84.0 Å². The Bertz CT molecular complexity index is 169. The van der Waals surface area contributed by atoms with Gasteiger partial charge in [0.05, 0.1) is 0 Å². The summed E-state index contributed by atoms with van der Waals surface area (Å²) in [5, 5.41) is 6.10. The van der Waals surface area contributed by atoms with E-state index in [9.17, 15) is 0 Å². The third-order valence-electron chi connectivity index (χ3n) is 3.50. The van der Waals surface area contributed by atoms with Crippen LogP contribution in [-0.2, 0) is 0 Å². The van der Waals surface area contributed by atoms with E-state index in [1.54, 1.807) is 0 Å². The highest BCUT2D eigenvalue weighted by Crippen LogP contribution is 2.11. The van der Waals surface area contributed by atoms with E-state index in [2.05, 4.69) is 24.1 Å². The van der Waals surface area contributed by atoms with Crippen LogP contribution in [0.4, 0.5) is 0 Å². The van der Waals surface area contributed by atoms with Crippen LogP contribution in [0.1, 0.15) is 84.0 Å². The minimum Gasteiger partial charge on any atom is -0.323 e. The van der Waals surface area contributed by atoms with Crippen molar-refractivity contribution >= 4 is 0 Å². The lowest BCUT2D eigenvalue weighted by molar-refractivity contribution is 0.539. The molecule has 0 aliphatic heterocycles. The summed E-state index contributed by atoms with van der Waals surface area (Å²) in [6.07, 6.45) is 19.1. The lowest BCUT2D eigenvalue weighted by Gasteiger charge is -2.03. The van der Waals surface area contributed by atoms with Crippen LogP contribution in [0.15, 0.2) is 12.7 Å². The van der Waals surface area contributed by atoms with Gasteiger partial charge < -0.3 is 10.6 Å². The summed E-state index contributed by atoms with van der Waals surface area (Å²) in [5.41, 5.74) is 0. The molecule has 0 amide bonds. The van der Waals surface area contributed by atoms with E-state index >= 15 is 0 Å². The molecule has 0 aromatic heterocycles. The zero-order valence-electron chi connectivity index (χ0n) is 15.2. The molecule has 0 atom stereocenters. The number of rotatable bonds is 15. The Morgan fingerprint density at radius 2 is 1.10 bits per heavy atom. The standard InChI is InChI=1S/C17H35N.C2H7N/c1-3-5-6-7-8-9-10-11-12-13-14-15-17-18-16-4-2;1-3-2/h4,18H,2-3,5-17H2,1H3;3H,1-2H3. The van der Waals surface area contributed by atoms with E-state index in [0.29, 0.717) is 0 Å². The van der Waals surface area contributed by atoms with E-state index in [-0.39, 0.29) is 0 Å². The van der Waals surface area contributed by atoms with Crippen molar-refractivity contribution < 1.29 is 0 Å². The van der Waals surface area contributed by atoms with Gasteiger partial charge in [-0.15, -0.1) is 6.58 Å². The van der Waals surface area contributed by atoms with Crippen molar-refractivity contribution in [1.29, 1.82) is 0 Å². The molecule has 0 aliphatic rings. The molecule has 128 valence electrons. The van der Waals surface area contributed by atoms with E-state index in [1.165, 1.54) is 77.0 Å². The van der Waals surface area contributed by atoms with Crippen LogP contribution < -0.4 is 10.6 Å². The second-order valence-corrected chi connectivity index (χ2v) is 5.88. The second kappa shape index (κ2) is 24.7. The van der Waals surface area contributed by atoms with E-state index in [1.807, 2.05) is 20.2 Å². The highest BCUT2D eigenvalue weighted by molar-refractivity contribution is 4.69. The van der Waals surface area contributed by atoms with Gasteiger partial charge in [-0.1, -0.05) is 83.6 Å². The van der Waals surface area contributed by atoms with Gasteiger partial charge in [-0.25, -0.2) is 0 Å². The Morgan fingerprint density at radius 1 is 0.714 bits per heavy atom. The van der Waals surface area contributed by atoms with E-state index < -0.39 is 0 Å². The fourth-order valence-electron chi connectivity index (χ4n) is 2.30. The fraction of sp³-hybridized carbons (Fsp3) is 0.895. The lowest BCUT2D eigenvalue weighted by atomic mass is 10.1. The average Bonchev–Trinajstić information content (AvgIpc) is 2.48. The molecule has 2 nitrogen and oxygen atoms in total. The second-order valence-electron chi connectivity index (χ2n) is 5.88. The molecule has 0 aromatic rings. The molecule has 2 heteroatoms. The molecular weight excluding hydrogens is 256 g/mol. The maximum absolute atomic E-state index is 3.70. The highest BCUT2D eigenvalue weighted by Gasteiger charge is 1.93. The minimum absolute atomic E-state index is 0.956. The molecular formula is C19H42N2. The van der Waals surface area contributed by atoms with Gasteiger partial charge >= 0.3 is 0 Å². The smallest absolute Gasteiger partial charge is 0.0132 e. The molecule has 0 bridgehead atoms. The summed E-state index contributed by atoms with van der Waals surface area (Å²) in [4.78, 5) is 0. The molecule has 0 rings (SSSR count). The number of hydrogen-bond donors (Lipinski definition) is 2. The summed E-state index contributed by atoms with van der Waals surface area (Å²) in [7, 11) is 3.75. The van der Waals surface area contributed by atoms with Crippen LogP contribution in [0, 0.1) is 0 Å². The van der Waals surface area contributed by atoms with Crippen LogP contribution in [0.25, 0.3) is 0 Å². The van der Waals surface area contributed by atoms with Crippen LogP contribution >= 0.6 is 0 Å². The largest absolute Gasteiger partial charge is 0.323 e. The van der Waals surface area contributed by atoms with Gasteiger partial charge in [-0.3, -0.25) is 0 Å². The first-order chi connectivity index (χ1) is 10.3. The van der Waals surface area contributed by atoms with Gasteiger partial charge in [0, 0.05) is 6.54 Å². The van der Waals surface area contributed by atoms with Gasteiger partial charge in [0.25, 0.3) is 0 Å². The topological polar surface area (TPSA) is 24.1 Å². The number of nitrogens with one attached hydrogen (secondary N) is 2. The third kappa shape index (κ3) is 28.5. The lowest BCUT2D eigenvalue weighted by Crippen LogP contribution is -2.14. The molecule has 0 unspecified atom stereocenters. The molecule has 0 saturated heterocycles. The predicted octanol–water partition coefficient (Wildman–Crippen LogP) is 5.30. The normalized spacial score (nSPS) is 10.0. The Morgan fingerprint density at radius 3 is 1.48 bits per heavy atom. The Hall–Kier alpha value is -0.340. The van der Waals surface area contributed by atoms with Gasteiger partial charge in [0.15, 0.2) is 0 Å². The van der Waals surface area contributed by atoms with Crippen molar-refractivity contribution in [3.8, 4) is 0 Å². The van der Waals surface area contributed by atoms with Gasteiger partial charge in [0.1, 0.15) is 0 Å². The third-order valence-corrected chi connectivity index (χ3v) is 3.50. The summed E-state index contributed by atoms with van der Waals surface area (Å²) in [6, 6.07) is 0. The Labute approximate surface area is 135 Å². The van der Waals surface area contributed by atoms with E-state index in [0.717, 1.165) is 13.1 Å². The van der Waals surface area contributed by atoms with Crippen LogP contribution in [0.5, 0.6) is 0 Å². The number of unbranched alkanes of at least 4 members (excludes halogenated alkanes) is 11. The van der Waals surface area contributed by atoms with Crippen molar-refractivity contribution in [1.82, 2.24) is 10.6 Å². The summed E-state index contributed by atoms with van der Waals surface area (Å²) in [6.45, 7) is 8.09. The van der Waals surface area contributed by atoms with Crippen molar-refractivity contribution in [2.75, 3.05) is 27.2 Å². The van der Waals surface area contributed by atoms with Gasteiger partial charge in [0.2, 0.25) is 0 Å². The number of hydrogen-bond acceptors (Lipinski definition) is 2. The highest BCUT2D eigenvalue weighted by atomic mass is 14.8. The molecule has 0 aromatic carbocycles. The first-order valence-corrected chi connectivity index (χ1v) is 9.23. The fourth-order valence-corrected chi connectivity index (χ4v) is 2.30. The molecule has 21 heavy (non-hydrogen) atoms. The summed E-state index contributed by atoms with van der Waals surface area (Å²) >= 11 is 0. The first-order valence-electron chi connectivity index (χ1n) is 9.23.